The summed E-state index contributed by atoms with van der Waals surface area (Å²) in [6.45, 7) is 0.108. The molecule has 136 valence electrons. The van der Waals surface area contributed by atoms with Gasteiger partial charge in [-0.1, -0.05) is 29.8 Å². The van der Waals surface area contributed by atoms with Gasteiger partial charge in [-0.2, -0.15) is 0 Å². The van der Waals surface area contributed by atoms with Crippen molar-refractivity contribution in [3.63, 3.8) is 0 Å². The highest BCUT2D eigenvalue weighted by atomic mass is 35.5. The van der Waals surface area contributed by atoms with Crippen LogP contribution in [0.5, 0.6) is 5.75 Å². The van der Waals surface area contributed by atoms with Crippen LogP contribution in [0.15, 0.2) is 58.2 Å². The van der Waals surface area contributed by atoms with Gasteiger partial charge in [0.15, 0.2) is 0 Å². The Bertz CT molecular complexity index is 1100. The second kappa shape index (κ2) is 7.49. The molecule has 0 aliphatic rings. The van der Waals surface area contributed by atoms with Gasteiger partial charge in [0.2, 0.25) is 10.0 Å². The van der Waals surface area contributed by atoms with Gasteiger partial charge in [-0.25, -0.2) is 13.1 Å². The molecule has 1 heterocycles. The molecular formula is C18H17ClN2O4S. The molecule has 0 fully saturated rings. The van der Waals surface area contributed by atoms with Crippen molar-refractivity contribution in [1.82, 2.24) is 9.71 Å². The number of methoxy groups -OCH3 is 1. The summed E-state index contributed by atoms with van der Waals surface area (Å²) in [6.07, 6.45) is 0.252. The normalized spacial score (nSPS) is 11.6. The molecule has 26 heavy (non-hydrogen) atoms. The fourth-order valence-corrected chi connectivity index (χ4v) is 3.89. The molecule has 0 unspecified atom stereocenters. The Morgan fingerprint density at radius 2 is 1.88 bits per heavy atom. The SMILES string of the molecule is COc1cc2cc(CCNS(=O)(=O)c3ccccc3)c(=O)[nH]c2cc1Cl. The number of halogens is 1. The molecule has 3 rings (SSSR count). The van der Waals surface area contributed by atoms with Crippen LogP contribution < -0.4 is 15.0 Å². The minimum absolute atomic E-state index is 0.108. The van der Waals surface area contributed by atoms with Crippen LogP contribution in [0.2, 0.25) is 5.02 Å². The topological polar surface area (TPSA) is 88.3 Å². The van der Waals surface area contributed by atoms with E-state index in [1.807, 2.05) is 0 Å². The molecular weight excluding hydrogens is 376 g/mol. The van der Waals surface area contributed by atoms with E-state index in [1.165, 1.54) is 19.2 Å². The lowest BCUT2D eigenvalue weighted by Gasteiger charge is -2.08. The van der Waals surface area contributed by atoms with Crippen LogP contribution in [-0.4, -0.2) is 27.1 Å². The van der Waals surface area contributed by atoms with Crippen molar-refractivity contribution < 1.29 is 13.2 Å². The first kappa shape index (κ1) is 18.4. The summed E-state index contributed by atoms with van der Waals surface area (Å²) in [4.78, 5) is 15.2. The van der Waals surface area contributed by atoms with Crippen LogP contribution >= 0.6 is 11.6 Å². The number of hydrogen-bond acceptors (Lipinski definition) is 4. The maximum atomic E-state index is 12.2. The predicted octanol–water partition coefficient (Wildman–Crippen LogP) is 2.71. The number of rotatable bonds is 6. The Hall–Kier alpha value is -2.35. The van der Waals surface area contributed by atoms with Gasteiger partial charge in [-0.3, -0.25) is 4.79 Å². The number of sulfonamides is 1. The lowest BCUT2D eigenvalue weighted by molar-refractivity contribution is 0.415. The zero-order valence-electron chi connectivity index (χ0n) is 14.0. The minimum Gasteiger partial charge on any atom is -0.495 e. The van der Waals surface area contributed by atoms with Gasteiger partial charge >= 0.3 is 0 Å². The van der Waals surface area contributed by atoms with Gasteiger partial charge < -0.3 is 9.72 Å². The molecule has 0 amide bonds. The molecule has 0 aliphatic heterocycles. The maximum absolute atomic E-state index is 12.2. The molecule has 0 saturated carbocycles. The van der Waals surface area contributed by atoms with Crippen LogP contribution in [0.4, 0.5) is 0 Å². The highest BCUT2D eigenvalue weighted by Crippen LogP contribution is 2.28. The van der Waals surface area contributed by atoms with Gasteiger partial charge in [0.25, 0.3) is 5.56 Å². The first-order chi connectivity index (χ1) is 12.4. The second-order valence-electron chi connectivity index (χ2n) is 5.66. The Balaban J connectivity index is 1.80. The third-order valence-electron chi connectivity index (χ3n) is 3.93. The number of nitrogens with one attached hydrogen (secondary N) is 2. The first-order valence-electron chi connectivity index (χ1n) is 7.85. The monoisotopic (exact) mass is 392 g/mol. The molecule has 0 aliphatic carbocycles. The van der Waals surface area contributed by atoms with E-state index in [0.717, 1.165) is 5.39 Å². The Labute approximate surface area is 155 Å². The van der Waals surface area contributed by atoms with Gasteiger partial charge in [0.1, 0.15) is 5.75 Å². The lowest BCUT2D eigenvalue weighted by Crippen LogP contribution is -2.27. The molecule has 2 N–H and O–H groups in total. The van der Waals surface area contributed by atoms with Crippen LogP contribution in [0.25, 0.3) is 10.9 Å². The number of benzene rings is 2. The first-order valence-corrected chi connectivity index (χ1v) is 9.71. The number of fused-ring (bicyclic) bond motifs is 1. The van der Waals surface area contributed by atoms with E-state index in [4.69, 9.17) is 16.3 Å². The summed E-state index contributed by atoms with van der Waals surface area (Å²) in [5, 5.41) is 1.16. The van der Waals surface area contributed by atoms with Gasteiger partial charge in [0, 0.05) is 17.5 Å². The van der Waals surface area contributed by atoms with Crippen LogP contribution in [0.1, 0.15) is 5.56 Å². The van der Waals surface area contributed by atoms with Gasteiger partial charge in [-0.15, -0.1) is 0 Å². The molecule has 8 heteroatoms. The molecule has 1 aromatic heterocycles. The summed E-state index contributed by atoms with van der Waals surface area (Å²) in [5.74, 6) is 0.502. The third-order valence-corrected chi connectivity index (χ3v) is 5.71. The average molecular weight is 393 g/mol. The fraction of sp³-hybridized carbons (Fsp3) is 0.167. The molecule has 6 nitrogen and oxygen atoms in total. The van der Waals surface area contributed by atoms with Crippen LogP contribution in [-0.2, 0) is 16.4 Å². The second-order valence-corrected chi connectivity index (χ2v) is 7.83. The molecule has 2 aromatic carbocycles. The van der Waals surface area contributed by atoms with E-state index < -0.39 is 10.0 Å². The zero-order valence-corrected chi connectivity index (χ0v) is 15.5. The Morgan fingerprint density at radius 1 is 1.15 bits per heavy atom. The highest BCUT2D eigenvalue weighted by Gasteiger charge is 2.13. The average Bonchev–Trinajstić information content (AvgIpc) is 2.62. The predicted molar refractivity (Wildman–Crippen MR) is 101 cm³/mol. The zero-order chi connectivity index (χ0) is 18.7. The maximum Gasteiger partial charge on any atom is 0.251 e. The van der Waals surface area contributed by atoms with Crippen molar-refractivity contribution in [2.24, 2.45) is 0 Å². The summed E-state index contributed by atoms with van der Waals surface area (Å²) < 4.78 is 32.1. The smallest absolute Gasteiger partial charge is 0.251 e. The standard InChI is InChI=1S/C18H17ClN2O4S/c1-25-17-10-13-9-12(18(22)21-16(13)11-15(17)19)7-8-20-26(23,24)14-5-3-2-4-6-14/h2-6,9-11,20H,7-8H2,1H3,(H,21,22). The van der Waals surface area contributed by atoms with E-state index in [-0.39, 0.29) is 23.4 Å². The van der Waals surface area contributed by atoms with Crippen molar-refractivity contribution in [3.05, 3.63) is 69.5 Å². The van der Waals surface area contributed by atoms with Crippen molar-refractivity contribution in [1.29, 1.82) is 0 Å². The van der Waals surface area contributed by atoms with Gasteiger partial charge in [0.05, 0.1) is 22.5 Å². The fourth-order valence-electron chi connectivity index (χ4n) is 2.60. The number of pyridine rings is 1. The van der Waals surface area contributed by atoms with Crippen molar-refractivity contribution >= 4 is 32.5 Å². The summed E-state index contributed by atoms with van der Waals surface area (Å²) in [6, 6.07) is 13.1. The summed E-state index contributed by atoms with van der Waals surface area (Å²) in [7, 11) is -2.09. The minimum atomic E-state index is -3.60. The van der Waals surface area contributed by atoms with Crippen LogP contribution in [0.3, 0.4) is 0 Å². The van der Waals surface area contributed by atoms with Gasteiger partial charge in [-0.05, 0) is 36.8 Å². The molecule has 0 saturated heterocycles. The van der Waals surface area contributed by atoms with Crippen molar-refractivity contribution in [3.8, 4) is 5.75 Å². The molecule has 0 spiro atoms. The Kier molecular flexibility index (Phi) is 5.31. The quantitative estimate of drug-likeness (QED) is 0.675. The number of aromatic amines is 1. The van der Waals surface area contributed by atoms with E-state index in [2.05, 4.69) is 9.71 Å². The largest absolute Gasteiger partial charge is 0.495 e. The number of hydrogen-bond donors (Lipinski definition) is 2. The van der Waals surface area contributed by atoms with E-state index in [9.17, 15) is 13.2 Å². The number of H-pyrrole nitrogens is 1. The third kappa shape index (κ3) is 3.90. The number of ether oxygens (including phenoxy) is 1. The summed E-state index contributed by atoms with van der Waals surface area (Å²) >= 11 is 6.06. The van der Waals surface area contributed by atoms with Crippen molar-refractivity contribution in [2.45, 2.75) is 11.3 Å². The summed E-state index contributed by atoms with van der Waals surface area (Å²) in [5.41, 5.74) is 0.782. The van der Waals surface area contributed by atoms with Crippen LogP contribution in [0, 0.1) is 0 Å². The molecule has 0 atom stereocenters. The molecule has 0 bridgehead atoms. The Morgan fingerprint density at radius 3 is 2.58 bits per heavy atom. The van der Waals surface area contributed by atoms with E-state index in [1.54, 1.807) is 36.4 Å². The van der Waals surface area contributed by atoms with Crippen molar-refractivity contribution in [2.75, 3.05) is 13.7 Å². The lowest BCUT2D eigenvalue weighted by atomic mass is 10.1. The van der Waals surface area contributed by atoms with E-state index >= 15 is 0 Å². The molecule has 0 radical (unpaired) electrons. The van der Waals surface area contributed by atoms with E-state index in [0.29, 0.717) is 21.9 Å². The highest BCUT2D eigenvalue weighted by molar-refractivity contribution is 7.89. The molecule has 3 aromatic rings. The number of aromatic nitrogens is 1.